The Balaban J connectivity index is 1.09. The molecular formula is C23H23N3O6S. The molecule has 0 radical (unpaired) electrons. The van der Waals surface area contributed by atoms with Gasteiger partial charge in [0.15, 0.2) is 18.1 Å². The van der Waals surface area contributed by atoms with E-state index >= 15 is 0 Å². The van der Waals surface area contributed by atoms with Gasteiger partial charge in [-0.3, -0.25) is 14.5 Å². The van der Waals surface area contributed by atoms with Crippen LogP contribution in [0.2, 0.25) is 0 Å². The number of thioether (sulfide) groups is 1. The van der Waals surface area contributed by atoms with Gasteiger partial charge in [-0.25, -0.2) is 4.79 Å². The van der Waals surface area contributed by atoms with Gasteiger partial charge in [0.1, 0.15) is 0 Å². The van der Waals surface area contributed by atoms with Gasteiger partial charge in [-0.05, 0) is 35.9 Å². The van der Waals surface area contributed by atoms with Crippen LogP contribution in [0.1, 0.15) is 15.9 Å². The summed E-state index contributed by atoms with van der Waals surface area (Å²) in [6.07, 6.45) is 0. The van der Waals surface area contributed by atoms with Crippen molar-refractivity contribution in [2.75, 3.05) is 50.6 Å². The molecule has 0 saturated carbocycles. The molecule has 3 aliphatic rings. The fraction of sp³-hybridized carbons (Fsp3) is 0.348. The molecule has 9 nitrogen and oxygen atoms in total. The summed E-state index contributed by atoms with van der Waals surface area (Å²) in [5.41, 5.74) is 2.03. The maximum absolute atomic E-state index is 12.5. The highest BCUT2D eigenvalue weighted by molar-refractivity contribution is 8.00. The van der Waals surface area contributed by atoms with E-state index in [9.17, 15) is 14.4 Å². The van der Waals surface area contributed by atoms with E-state index in [0.29, 0.717) is 30.1 Å². The Morgan fingerprint density at radius 3 is 2.70 bits per heavy atom. The summed E-state index contributed by atoms with van der Waals surface area (Å²) < 4.78 is 16.0. The predicted molar refractivity (Wildman–Crippen MR) is 121 cm³/mol. The van der Waals surface area contributed by atoms with E-state index in [1.807, 2.05) is 18.2 Å². The molecule has 0 unspecified atom stereocenters. The predicted octanol–water partition coefficient (Wildman–Crippen LogP) is 1.96. The average Bonchev–Trinajstić information content (AvgIpc) is 3.30. The first kappa shape index (κ1) is 21.6. The van der Waals surface area contributed by atoms with Gasteiger partial charge < -0.3 is 24.4 Å². The van der Waals surface area contributed by atoms with Crippen molar-refractivity contribution in [3.8, 4) is 11.5 Å². The zero-order valence-corrected chi connectivity index (χ0v) is 18.7. The van der Waals surface area contributed by atoms with E-state index in [2.05, 4.69) is 10.2 Å². The molecule has 1 saturated heterocycles. The molecule has 33 heavy (non-hydrogen) atoms. The van der Waals surface area contributed by atoms with Crippen molar-refractivity contribution in [3.63, 3.8) is 0 Å². The van der Waals surface area contributed by atoms with Crippen LogP contribution in [0.25, 0.3) is 0 Å². The minimum Gasteiger partial charge on any atom is -0.454 e. The van der Waals surface area contributed by atoms with Crippen LogP contribution >= 0.6 is 11.8 Å². The van der Waals surface area contributed by atoms with Crippen LogP contribution in [0.5, 0.6) is 11.5 Å². The highest BCUT2D eigenvalue weighted by Gasteiger charge is 2.24. The Kier molecular flexibility index (Phi) is 6.10. The molecule has 2 aromatic carbocycles. The average molecular weight is 470 g/mol. The normalized spacial score (nSPS) is 17.3. The summed E-state index contributed by atoms with van der Waals surface area (Å²) in [5.74, 6) is 0.983. The van der Waals surface area contributed by atoms with Crippen LogP contribution in [-0.4, -0.2) is 72.9 Å². The number of rotatable bonds is 5. The van der Waals surface area contributed by atoms with Gasteiger partial charge in [0, 0.05) is 37.6 Å². The lowest BCUT2D eigenvalue weighted by Crippen LogP contribution is -2.49. The van der Waals surface area contributed by atoms with Crippen LogP contribution in [0.3, 0.4) is 0 Å². The highest BCUT2D eigenvalue weighted by atomic mass is 32.2. The summed E-state index contributed by atoms with van der Waals surface area (Å²) >= 11 is 1.42. The summed E-state index contributed by atoms with van der Waals surface area (Å²) in [7, 11) is 0. The van der Waals surface area contributed by atoms with E-state index in [1.54, 1.807) is 23.1 Å². The van der Waals surface area contributed by atoms with Gasteiger partial charge in [0.2, 0.25) is 12.7 Å². The molecule has 172 valence electrons. The molecule has 0 spiro atoms. The van der Waals surface area contributed by atoms with E-state index < -0.39 is 5.97 Å². The Labute approximate surface area is 195 Å². The second-order valence-corrected chi connectivity index (χ2v) is 8.99. The van der Waals surface area contributed by atoms with Gasteiger partial charge in [-0.1, -0.05) is 6.07 Å². The number of fused-ring (bicyclic) bond motifs is 2. The van der Waals surface area contributed by atoms with E-state index in [1.165, 1.54) is 11.8 Å². The van der Waals surface area contributed by atoms with Gasteiger partial charge in [0.25, 0.3) is 5.91 Å². The van der Waals surface area contributed by atoms with Crippen LogP contribution in [-0.2, 0) is 20.9 Å². The topological polar surface area (TPSA) is 97.4 Å². The third kappa shape index (κ3) is 4.91. The van der Waals surface area contributed by atoms with E-state index in [0.717, 1.165) is 41.6 Å². The number of esters is 1. The molecule has 0 bridgehead atoms. The number of amides is 2. The molecule has 2 amide bonds. The number of hydrogen-bond acceptors (Lipinski definition) is 8. The first-order chi connectivity index (χ1) is 16.0. The monoisotopic (exact) mass is 469 g/mol. The highest BCUT2D eigenvalue weighted by Crippen LogP contribution is 2.33. The maximum atomic E-state index is 12.5. The zero-order chi connectivity index (χ0) is 22.8. The number of nitrogens with zero attached hydrogens (tertiary/aromatic N) is 2. The molecule has 10 heteroatoms. The second-order valence-electron chi connectivity index (χ2n) is 7.97. The number of carbonyl (C=O) groups excluding carboxylic acids is 3. The SMILES string of the molecule is O=C1CSc2ccc(C(=O)OCC(=O)N3CCN(Cc4ccc5c(c4)OCO5)CC3)cc2N1. The van der Waals surface area contributed by atoms with Crippen molar-refractivity contribution in [2.45, 2.75) is 11.4 Å². The fourth-order valence-corrected chi connectivity index (χ4v) is 4.75. The third-order valence-corrected chi connectivity index (χ3v) is 6.82. The first-order valence-electron chi connectivity index (χ1n) is 10.7. The molecule has 1 fully saturated rings. The summed E-state index contributed by atoms with van der Waals surface area (Å²) in [6.45, 7) is 3.32. The number of hydrogen-bond donors (Lipinski definition) is 1. The minimum atomic E-state index is -0.586. The minimum absolute atomic E-state index is 0.106. The molecule has 0 aromatic heterocycles. The molecule has 1 N–H and O–H groups in total. The molecule has 3 aliphatic heterocycles. The van der Waals surface area contributed by atoms with Crippen LogP contribution in [0.15, 0.2) is 41.3 Å². The molecule has 2 aromatic rings. The number of nitrogens with one attached hydrogen (secondary N) is 1. The third-order valence-electron chi connectivity index (χ3n) is 5.74. The van der Waals surface area contributed by atoms with Crippen molar-refractivity contribution >= 4 is 35.2 Å². The van der Waals surface area contributed by atoms with Crippen LogP contribution in [0, 0.1) is 0 Å². The lowest BCUT2D eigenvalue weighted by molar-refractivity contribution is -0.136. The Morgan fingerprint density at radius 2 is 1.85 bits per heavy atom. The number of ether oxygens (including phenoxy) is 3. The van der Waals surface area contributed by atoms with Gasteiger partial charge in [0.05, 0.1) is 17.0 Å². The molecule has 0 atom stereocenters. The molecule has 0 aliphatic carbocycles. The van der Waals surface area contributed by atoms with Gasteiger partial charge in [-0.2, -0.15) is 0 Å². The van der Waals surface area contributed by atoms with Crippen molar-refractivity contribution in [1.82, 2.24) is 9.80 Å². The smallest absolute Gasteiger partial charge is 0.338 e. The van der Waals surface area contributed by atoms with Crippen molar-refractivity contribution in [1.29, 1.82) is 0 Å². The van der Waals surface area contributed by atoms with Crippen molar-refractivity contribution in [3.05, 3.63) is 47.5 Å². The number of benzene rings is 2. The summed E-state index contributed by atoms with van der Waals surface area (Å²) in [4.78, 5) is 41.4. The fourth-order valence-electron chi connectivity index (χ4n) is 3.96. The standard InChI is InChI=1S/C23H23N3O6S/c27-21-13-33-20-4-2-16(10-17(20)24-21)23(29)30-12-22(28)26-7-5-25(6-8-26)11-15-1-3-18-19(9-15)32-14-31-18/h1-4,9-10H,5-8,11-14H2,(H,24,27). The quantitative estimate of drug-likeness (QED) is 0.664. The molecule has 3 heterocycles. The van der Waals surface area contributed by atoms with Gasteiger partial charge >= 0.3 is 5.97 Å². The molecular weight excluding hydrogens is 446 g/mol. The zero-order valence-electron chi connectivity index (χ0n) is 17.9. The van der Waals surface area contributed by atoms with Crippen LogP contribution < -0.4 is 14.8 Å². The number of anilines is 1. The van der Waals surface area contributed by atoms with E-state index in [4.69, 9.17) is 14.2 Å². The number of piperazine rings is 1. The number of carbonyl (C=O) groups is 3. The largest absolute Gasteiger partial charge is 0.454 e. The summed E-state index contributed by atoms with van der Waals surface area (Å²) in [6, 6.07) is 10.9. The maximum Gasteiger partial charge on any atom is 0.338 e. The van der Waals surface area contributed by atoms with Crippen LogP contribution in [0.4, 0.5) is 5.69 Å². The van der Waals surface area contributed by atoms with E-state index in [-0.39, 0.29) is 25.2 Å². The van der Waals surface area contributed by atoms with Crippen molar-refractivity contribution < 1.29 is 28.6 Å². The van der Waals surface area contributed by atoms with Gasteiger partial charge in [-0.15, -0.1) is 11.8 Å². The summed E-state index contributed by atoms with van der Waals surface area (Å²) in [5, 5.41) is 2.74. The Bertz CT molecular complexity index is 1100. The Hall–Kier alpha value is -3.24. The molecule has 5 rings (SSSR count). The lowest BCUT2D eigenvalue weighted by atomic mass is 10.1. The van der Waals surface area contributed by atoms with Crippen molar-refractivity contribution in [2.24, 2.45) is 0 Å². The lowest BCUT2D eigenvalue weighted by Gasteiger charge is -2.34. The Morgan fingerprint density at radius 1 is 1.03 bits per heavy atom. The second kappa shape index (κ2) is 9.32. The first-order valence-corrected chi connectivity index (χ1v) is 11.7.